The number of nitrogens with one attached hydrogen (secondary N) is 1. The number of nitrogens with zero attached hydrogens (tertiary/aromatic N) is 2. The predicted octanol–water partition coefficient (Wildman–Crippen LogP) is 3.08. The zero-order chi connectivity index (χ0) is 14.8. The molecule has 1 atom stereocenters. The number of likely N-dealkylation sites (N-methyl/N-ethyl adjacent to an activating group) is 1. The molecule has 0 amide bonds. The number of piperidine rings is 1. The summed E-state index contributed by atoms with van der Waals surface area (Å²) < 4.78 is 39.1. The first-order chi connectivity index (χ1) is 9.40. The van der Waals surface area contributed by atoms with E-state index in [0.717, 1.165) is 32.0 Å². The zero-order valence-corrected chi connectivity index (χ0v) is 11.2. The van der Waals surface area contributed by atoms with Gasteiger partial charge in [-0.25, -0.2) is 0 Å². The van der Waals surface area contributed by atoms with Gasteiger partial charge in [-0.1, -0.05) is 0 Å². The van der Waals surface area contributed by atoms with Crippen molar-refractivity contribution in [1.82, 2.24) is 4.90 Å². The summed E-state index contributed by atoms with van der Waals surface area (Å²) in [6, 6.07) is 5.39. The van der Waals surface area contributed by atoms with Gasteiger partial charge in [0.2, 0.25) is 0 Å². The number of rotatable bonds is 2. The maximum absolute atomic E-state index is 13.0. The van der Waals surface area contributed by atoms with Crippen molar-refractivity contribution in [3.05, 3.63) is 29.3 Å². The lowest BCUT2D eigenvalue weighted by atomic mass is 10.0. The number of halogens is 3. The number of anilines is 1. The number of nitriles is 1. The molecule has 1 unspecified atom stereocenters. The summed E-state index contributed by atoms with van der Waals surface area (Å²) in [7, 11) is 1.96. The van der Waals surface area contributed by atoms with Crippen molar-refractivity contribution in [3.63, 3.8) is 0 Å². The number of benzene rings is 1. The van der Waals surface area contributed by atoms with Crippen LogP contribution in [0.5, 0.6) is 0 Å². The fourth-order valence-corrected chi connectivity index (χ4v) is 2.48. The molecule has 1 aromatic rings. The van der Waals surface area contributed by atoms with Gasteiger partial charge in [0.25, 0.3) is 0 Å². The van der Waals surface area contributed by atoms with Crippen LogP contribution >= 0.6 is 0 Å². The maximum atomic E-state index is 13.0. The molecule has 1 N–H and O–H groups in total. The molecular weight excluding hydrogens is 267 g/mol. The number of alkyl halides is 3. The first-order valence-corrected chi connectivity index (χ1v) is 6.46. The van der Waals surface area contributed by atoms with E-state index in [0.29, 0.717) is 0 Å². The van der Waals surface area contributed by atoms with Gasteiger partial charge >= 0.3 is 6.18 Å². The van der Waals surface area contributed by atoms with Crippen LogP contribution < -0.4 is 5.32 Å². The van der Waals surface area contributed by atoms with Crippen molar-refractivity contribution in [1.29, 1.82) is 5.26 Å². The quantitative estimate of drug-likeness (QED) is 0.906. The average Bonchev–Trinajstić information content (AvgIpc) is 2.38. The highest BCUT2D eigenvalue weighted by Crippen LogP contribution is 2.36. The second kappa shape index (κ2) is 5.71. The van der Waals surface area contributed by atoms with Crippen LogP contribution in [0.25, 0.3) is 0 Å². The third-order valence-electron chi connectivity index (χ3n) is 3.44. The lowest BCUT2D eigenvalue weighted by Gasteiger charge is -2.31. The molecule has 20 heavy (non-hydrogen) atoms. The Labute approximate surface area is 116 Å². The molecule has 1 aliphatic rings. The van der Waals surface area contributed by atoms with E-state index in [9.17, 15) is 13.2 Å². The van der Waals surface area contributed by atoms with Crippen LogP contribution in [0.2, 0.25) is 0 Å². The SMILES string of the molecule is CN1CCCC(Nc2ccc(C#N)cc2C(F)(F)F)C1. The molecule has 0 radical (unpaired) electrons. The number of likely N-dealkylation sites (tertiary alicyclic amines) is 1. The fraction of sp³-hybridized carbons (Fsp3) is 0.500. The van der Waals surface area contributed by atoms with E-state index >= 15 is 0 Å². The van der Waals surface area contributed by atoms with Crippen LogP contribution in [0, 0.1) is 11.3 Å². The first-order valence-electron chi connectivity index (χ1n) is 6.46. The van der Waals surface area contributed by atoms with E-state index < -0.39 is 11.7 Å². The van der Waals surface area contributed by atoms with Gasteiger partial charge in [0.1, 0.15) is 0 Å². The third-order valence-corrected chi connectivity index (χ3v) is 3.44. The summed E-state index contributed by atoms with van der Waals surface area (Å²) in [5, 5.41) is 11.7. The summed E-state index contributed by atoms with van der Waals surface area (Å²) in [6.45, 7) is 1.69. The largest absolute Gasteiger partial charge is 0.418 e. The first kappa shape index (κ1) is 14.7. The van der Waals surface area contributed by atoms with Crippen LogP contribution in [-0.2, 0) is 6.18 Å². The van der Waals surface area contributed by atoms with Crippen molar-refractivity contribution in [2.75, 3.05) is 25.5 Å². The van der Waals surface area contributed by atoms with Gasteiger partial charge in [-0.05, 0) is 44.6 Å². The smallest absolute Gasteiger partial charge is 0.381 e. The van der Waals surface area contributed by atoms with E-state index in [4.69, 9.17) is 5.26 Å². The highest BCUT2D eigenvalue weighted by Gasteiger charge is 2.34. The highest BCUT2D eigenvalue weighted by atomic mass is 19.4. The monoisotopic (exact) mass is 283 g/mol. The topological polar surface area (TPSA) is 39.1 Å². The molecular formula is C14H16F3N3. The van der Waals surface area contributed by atoms with E-state index in [-0.39, 0.29) is 17.3 Å². The van der Waals surface area contributed by atoms with E-state index in [1.54, 1.807) is 6.07 Å². The molecule has 1 heterocycles. The second-order valence-electron chi connectivity index (χ2n) is 5.12. The summed E-state index contributed by atoms with van der Waals surface area (Å²) >= 11 is 0. The van der Waals surface area contributed by atoms with E-state index in [1.807, 2.05) is 7.05 Å². The van der Waals surface area contributed by atoms with Crippen molar-refractivity contribution in [3.8, 4) is 6.07 Å². The normalized spacial score (nSPS) is 20.4. The van der Waals surface area contributed by atoms with Gasteiger partial charge in [0.05, 0.1) is 17.2 Å². The van der Waals surface area contributed by atoms with Crippen LogP contribution in [0.4, 0.5) is 18.9 Å². The molecule has 1 aromatic carbocycles. The lowest BCUT2D eigenvalue weighted by Crippen LogP contribution is -2.40. The molecule has 0 spiro atoms. The van der Waals surface area contributed by atoms with Crippen molar-refractivity contribution in [2.24, 2.45) is 0 Å². The third kappa shape index (κ3) is 3.42. The minimum Gasteiger partial charge on any atom is -0.381 e. The summed E-state index contributed by atoms with van der Waals surface area (Å²) in [6.07, 6.45) is -2.65. The Bertz CT molecular complexity index is 519. The van der Waals surface area contributed by atoms with Crippen LogP contribution in [0.3, 0.4) is 0 Å². The molecule has 1 aliphatic heterocycles. The number of hydrogen-bond acceptors (Lipinski definition) is 3. The molecule has 1 fully saturated rings. The highest BCUT2D eigenvalue weighted by molar-refractivity contribution is 5.56. The van der Waals surface area contributed by atoms with E-state index in [1.165, 1.54) is 12.1 Å². The number of hydrogen-bond donors (Lipinski definition) is 1. The van der Waals surface area contributed by atoms with Crippen LogP contribution in [0.1, 0.15) is 24.0 Å². The van der Waals surface area contributed by atoms with Gasteiger partial charge in [-0.2, -0.15) is 18.4 Å². The van der Waals surface area contributed by atoms with Gasteiger partial charge in [0, 0.05) is 18.3 Å². The van der Waals surface area contributed by atoms with Crippen molar-refractivity contribution in [2.45, 2.75) is 25.1 Å². The minimum atomic E-state index is -4.46. The summed E-state index contributed by atoms with van der Waals surface area (Å²) in [4.78, 5) is 2.10. The molecule has 6 heteroatoms. The molecule has 108 valence electrons. The zero-order valence-electron chi connectivity index (χ0n) is 11.2. The van der Waals surface area contributed by atoms with Gasteiger partial charge < -0.3 is 10.2 Å². The standard InChI is InChI=1S/C14H16F3N3/c1-20-6-2-3-11(9-20)19-13-5-4-10(8-18)7-12(13)14(15,16)17/h4-5,7,11,19H,2-3,6,9H2,1H3. The van der Waals surface area contributed by atoms with E-state index in [2.05, 4.69) is 10.2 Å². The molecule has 0 bridgehead atoms. The summed E-state index contributed by atoms with van der Waals surface area (Å²) in [5.41, 5.74) is -0.704. The van der Waals surface area contributed by atoms with Crippen LogP contribution in [0.15, 0.2) is 18.2 Å². The minimum absolute atomic E-state index is 0.00258. The fourth-order valence-electron chi connectivity index (χ4n) is 2.48. The Morgan fingerprint density at radius 1 is 1.40 bits per heavy atom. The van der Waals surface area contributed by atoms with Gasteiger partial charge in [-0.3, -0.25) is 0 Å². The Morgan fingerprint density at radius 3 is 2.75 bits per heavy atom. The van der Waals surface area contributed by atoms with Crippen LogP contribution in [-0.4, -0.2) is 31.1 Å². The average molecular weight is 283 g/mol. The molecule has 0 aromatic heterocycles. The Balaban J connectivity index is 2.25. The summed E-state index contributed by atoms with van der Waals surface area (Å²) in [5.74, 6) is 0. The molecule has 1 saturated heterocycles. The molecule has 3 nitrogen and oxygen atoms in total. The van der Waals surface area contributed by atoms with Gasteiger partial charge in [-0.15, -0.1) is 0 Å². The Morgan fingerprint density at radius 2 is 2.15 bits per heavy atom. The van der Waals surface area contributed by atoms with Crippen molar-refractivity contribution >= 4 is 5.69 Å². The predicted molar refractivity (Wildman–Crippen MR) is 70.3 cm³/mol. The molecule has 2 rings (SSSR count). The Kier molecular flexibility index (Phi) is 4.19. The molecule has 0 saturated carbocycles. The second-order valence-corrected chi connectivity index (χ2v) is 5.12. The van der Waals surface area contributed by atoms with Gasteiger partial charge in [0.15, 0.2) is 0 Å². The lowest BCUT2D eigenvalue weighted by molar-refractivity contribution is -0.137. The Hall–Kier alpha value is -1.74. The molecule has 0 aliphatic carbocycles. The maximum Gasteiger partial charge on any atom is 0.418 e. The van der Waals surface area contributed by atoms with Crippen molar-refractivity contribution < 1.29 is 13.2 Å².